The Kier molecular flexibility index (Phi) is 3.75. The topological polar surface area (TPSA) is 18.5 Å². The molecule has 0 N–H and O–H groups in total. The lowest BCUT2D eigenvalue weighted by Crippen LogP contribution is -1.97. The smallest absolute Gasteiger partial charge is 0.149 e. The zero-order chi connectivity index (χ0) is 12.3. The van der Waals surface area contributed by atoms with E-state index in [1.807, 2.05) is 44.2 Å². The highest BCUT2D eigenvalue weighted by Crippen LogP contribution is 2.39. The van der Waals surface area contributed by atoms with E-state index < -0.39 is 0 Å². The highest BCUT2D eigenvalue weighted by atomic mass is 35.5. The van der Waals surface area contributed by atoms with Gasteiger partial charge in [0.25, 0.3) is 0 Å². The number of fused-ring (bicyclic) bond motifs is 1. The fourth-order valence-corrected chi connectivity index (χ4v) is 2.06. The third-order valence-corrected chi connectivity index (χ3v) is 2.80. The van der Waals surface area contributed by atoms with Crippen molar-refractivity contribution in [2.75, 3.05) is 13.2 Å². The molecule has 90 valence electrons. The zero-order valence-electron chi connectivity index (χ0n) is 10.00. The number of hydrogen-bond donors (Lipinski definition) is 0. The standard InChI is InChI=1S/C14H15ClO2/c1-3-16-12-7-5-6-10-8-9-11(15)14(13(10)12)17-4-2/h5-9H,3-4H2,1-2H3. The van der Waals surface area contributed by atoms with Crippen LogP contribution in [-0.4, -0.2) is 13.2 Å². The SMILES string of the molecule is CCOc1cccc2ccc(Cl)c(OCC)c12. The molecular weight excluding hydrogens is 236 g/mol. The average molecular weight is 251 g/mol. The van der Waals surface area contributed by atoms with Crippen LogP contribution in [-0.2, 0) is 0 Å². The van der Waals surface area contributed by atoms with Crippen molar-refractivity contribution < 1.29 is 9.47 Å². The summed E-state index contributed by atoms with van der Waals surface area (Å²) < 4.78 is 11.2. The van der Waals surface area contributed by atoms with Crippen LogP contribution in [0.25, 0.3) is 10.8 Å². The van der Waals surface area contributed by atoms with Crippen LogP contribution in [0.3, 0.4) is 0 Å². The number of hydrogen-bond acceptors (Lipinski definition) is 2. The van der Waals surface area contributed by atoms with Crippen LogP contribution in [0.1, 0.15) is 13.8 Å². The molecule has 0 saturated carbocycles. The summed E-state index contributed by atoms with van der Waals surface area (Å²) in [7, 11) is 0. The molecule has 0 aromatic heterocycles. The van der Waals surface area contributed by atoms with Gasteiger partial charge in [-0.3, -0.25) is 0 Å². The maximum absolute atomic E-state index is 6.17. The largest absolute Gasteiger partial charge is 0.493 e. The molecule has 2 nitrogen and oxygen atoms in total. The van der Waals surface area contributed by atoms with Crippen molar-refractivity contribution in [2.45, 2.75) is 13.8 Å². The van der Waals surface area contributed by atoms with Gasteiger partial charge in [0.05, 0.1) is 23.6 Å². The number of halogens is 1. The van der Waals surface area contributed by atoms with Gasteiger partial charge in [-0.2, -0.15) is 0 Å². The molecule has 0 aliphatic rings. The Balaban J connectivity index is 2.70. The second kappa shape index (κ2) is 5.28. The predicted molar refractivity (Wildman–Crippen MR) is 71.3 cm³/mol. The summed E-state index contributed by atoms with van der Waals surface area (Å²) in [6.45, 7) is 5.11. The van der Waals surface area contributed by atoms with Crippen molar-refractivity contribution in [1.29, 1.82) is 0 Å². The van der Waals surface area contributed by atoms with Crippen LogP contribution < -0.4 is 9.47 Å². The second-order valence-corrected chi connectivity index (χ2v) is 4.00. The van der Waals surface area contributed by atoms with Crippen LogP contribution in [0.15, 0.2) is 30.3 Å². The maximum Gasteiger partial charge on any atom is 0.149 e. The molecule has 0 atom stereocenters. The third kappa shape index (κ3) is 2.32. The Bertz CT molecular complexity index is 523. The molecule has 0 spiro atoms. The summed E-state index contributed by atoms with van der Waals surface area (Å²) in [4.78, 5) is 0. The van der Waals surface area contributed by atoms with Gasteiger partial charge < -0.3 is 9.47 Å². The molecule has 0 saturated heterocycles. The van der Waals surface area contributed by atoms with E-state index in [0.29, 0.717) is 24.0 Å². The second-order valence-electron chi connectivity index (χ2n) is 3.60. The van der Waals surface area contributed by atoms with E-state index in [1.165, 1.54) is 0 Å². The maximum atomic E-state index is 6.17. The molecule has 2 aromatic carbocycles. The summed E-state index contributed by atoms with van der Waals surface area (Å²) in [5.74, 6) is 1.52. The molecule has 0 fully saturated rings. The lowest BCUT2D eigenvalue weighted by molar-refractivity contribution is 0.332. The molecular formula is C14H15ClO2. The van der Waals surface area contributed by atoms with E-state index in [9.17, 15) is 0 Å². The number of rotatable bonds is 4. The molecule has 0 amide bonds. The molecule has 0 aliphatic carbocycles. The molecule has 3 heteroatoms. The number of benzene rings is 2. The van der Waals surface area contributed by atoms with Crippen LogP contribution in [0.5, 0.6) is 11.5 Å². The highest BCUT2D eigenvalue weighted by Gasteiger charge is 2.11. The minimum Gasteiger partial charge on any atom is -0.493 e. The van der Waals surface area contributed by atoms with Crippen LogP contribution in [0.4, 0.5) is 0 Å². The highest BCUT2D eigenvalue weighted by molar-refractivity contribution is 6.33. The van der Waals surface area contributed by atoms with E-state index in [-0.39, 0.29) is 0 Å². The lowest BCUT2D eigenvalue weighted by atomic mass is 10.1. The van der Waals surface area contributed by atoms with Gasteiger partial charge >= 0.3 is 0 Å². The van der Waals surface area contributed by atoms with Crippen molar-refractivity contribution >= 4 is 22.4 Å². The van der Waals surface area contributed by atoms with Crippen LogP contribution in [0, 0.1) is 0 Å². The van der Waals surface area contributed by atoms with Gasteiger partial charge in [0, 0.05) is 0 Å². The van der Waals surface area contributed by atoms with Gasteiger partial charge in [0.1, 0.15) is 11.5 Å². The lowest BCUT2D eigenvalue weighted by Gasteiger charge is -2.13. The van der Waals surface area contributed by atoms with E-state index >= 15 is 0 Å². The van der Waals surface area contributed by atoms with Gasteiger partial charge in [-0.1, -0.05) is 29.8 Å². The Hall–Kier alpha value is -1.41. The van der Waals surface area contributed by atoms with E-state index in [2.05, 4.69) is 0 Å². The first-order valence-corrected chi connectivity index (χ1v) is 6.12. The summed E-state index contributed by atoms with van der Waals surface area (Å²) in [6, 6.07) is 9.76. The van der Waals surface area contributed by atoms with E-state index in [0.717, 1.165) is 16.5 Å². The Morgan fingerprint density at radius 3 is 2.47 bits per heavy atom. The molecule has 0 radical (unpaired) electrons. The van der Waals surface area contributed by atoms with Gasteiger partial charge in [0.15, 0.2) is 0 Å². The van der Waals surface area contributed by atoms with E-state index in [1.54, 1.807) is 0 Å². The van der Waals surface area contributed by atoms with Crippen molar-refractivity contribution in [2.24, 2.45) is 0 Å². The first kappa shape index (κ1) is 12.1. The van der Waals surface area contributed by atoms with Gasteiger partial charge in [-0.25, -0.2) is 0 Å². The summed E-state index contributed by atoms with van der Waals surface area (Å²) in [5, 5.41) is 2.64. The Labute approximate surface area is 106 Å². The molecule has 2 aromatic rings. The predicted octanol–water partition coefficient (Wildman–Crippen LogP) is 4.29. The zero-order valence-corrected chi connectivity index (χ0v) is 10.8. The first-order valence-electron chi connectivity index (χ1n) is 5.74. The summed E-state index contributed by atoms with van der Waals surface area (Å²) >= 11 is 6.17. The van der Waals surface area contributed by atoms with Crippen LogP contribution >= 0.6 is 11.6 Å². The van der Waals surface area contributed by atoms with E-state index in [4.69, 9.17) is 21.1 Å². The normalized spacial score (nSPS) is 10.5. The fourth-order valence-electron chi connectivity index (χ4n) is 1.85. The monoisotopic (exact) mass is 250 g/mol. The first-order chi connectivity index (χ1) is 8.27. The molecule has 0 unspecified atom stereocenters. The minimum absolute atomic E-state index is 0.583. The molecule has 17 heavy (non-hydrogen) atoms. The quantitative estimate of drug-likeness (QED) is 0.806. The van der Waals surface area contributed by atoms with Crippen molar-refractivity contribution in [3.63, 3.8) is 0 Å². The fraction of sp³-hybridized carbons (Fsp3) is 0.286. The van der Waals surface area contributed by atoms with Crippen LogP contribution in [0.2, 0.25) is 5.02 Å². The van der Waals surface area contributed by atoms with Gasteiger partial charge in [-0.05, 0) is 31.4 Å². The number of ether oxygens (including phenoxy) is 2. The average Bonchev–Trinajstić information content (AvgIpc) is 2.34. The molecule has 0 bridgehead atoms. The molecule has 2 rings (SSSR count). The third-order valence-electron chi connectivity index (χ3n) is 2.50. The summed E-state index contributed by atoms with van der Waals surface area (Å²) in [6.07, 6.45) is 0. The Morgan fingerprint density at radius 2 is 1.76 bits per heavy atom. The van der Waals surface area contributed by atoms with Crippen molar-refractivity contribution in [3.05, 3.63) is 35.4 Å². The Morgan fingerprint density at radius 1 is 1.00 bits per heavy atom. The van der Waals surface area contributed by atoms with Crippen molar-refractivity contribution in [3.8, 4) is 11.5 Å². The van der Waals surface area contributed by atoms with Crippen molar-refractivity contribution in [1.82, 2.24) is 0 Å². The van der Waals surface area contributed by atoms with Gasteiger partial charge in [0.2, 0.25) is 0 Å². The molecule has 0 aliphatic heterocycles. The summed E-state index contributed by atoms with van der Waals surface area (Å²) in [5.41, 5.74) is 0. The molecule has 0 heterocycles. The van der Waals surface area contributed by atoms with Gasteiger partial charge in [-0.15, -0.1) is 0 Å². The minimum atomic E-state index is 0.583.